The highest BCUT2D eigenvalue weighted by Crippen LogP contribution is 2.32. The van der Waals surface area contributed by atoms with Crippen molar-refractivity contribution in [2.75, 3.05) is 53.2 Å². The van der Waals surface area contributed by atoms with Gasteiger partial charge in [-0.1, -0.05) is 0 Å². The summed E-state index contributed by atoms with van der Waals surface area (Å²) in [6.45, 7) is 4.79. The van der Waals surface area contributed by atoms with Gasteiger partial charge in [0.15, 0.2) is 18.1 Å². The number of hydrazone groups is 1. The van der Waals surface area contributed by atoms with Crippen LogP contribution in [0.3, 0.4) is 0 Å². The van der Waals surface area contributed by atoms with Crippen molar-refractivity contribution < 1.29 is 28.5 Å². The van der Waals surface area contributed by atoms with Gasteiger partial charge in [-0.2, -0.15) is 5.10 Å². The number of rotatable bonds is 9. The van der Waals surface area contributed by atoms with Crippen molar-refractivity contribution in [3.63, 3.8) is 0 Å². The predicted octanol–water partition coefficient (Wildman–Crippen LogP) is 1.18. The highest BCUT2D eigenvalue weighted by atomic mass is 79.9. The molecular weight excluding hydrogens is 434 g/mol. The Bertz CT molecular complexity index is 707. The number of morpholine rings is 1. The molecule has 0 aromatic heterocycles. The minimum atomic E-state index is -0.464. The molecule has 0 atom stereocenters. The zero-order valence-electron chi connectivity index (χ0n) is 15.9. The normalized spacial score (nSPS) is 14.7. The SMILES string of the molecule is CCOC(=O)COc1cc(Br)c(/C=N/NC(=O)CN2CCOCC2)cc1OC. The summed E-state index contributed by atoms with van der Waals surface area (Å²) in [5, 5.41) is 3.99. The highest BCUT2D eigenvalue weighted by Gasteiger charge is 2.14. The van der Waals surface area contributed by atoms with Gasteiger partial charge < -0.3 is 18.9 Å². The molecule has 9 nitrogen and oxygen atoms in total. The first-order valence-corrected chi connectivity index (χ1v) is 9.60. The lowest BCUT2D eigenvalue weighted by atomic mass is 10.2. The van der Waals surface area contributed by atoms with Gasteiger partial charge in [0.1, 0.15) is 0 Å². The van der Waals surface area contributed by atoms with Crippen LogP contribution in [0.25, 0.3) is 0 Å². The van der Waals surface area contributed by atoms with Crippen molar-refractivity contribution in [1.82, 2.24) is 10.3 Å². The summed E-state index contributed by atoms with van der Waals surface area (Å²) < 4.78 is 21.5. The molecule has 1 aliphatic heterocycles. The van der Waals surface area contributed by atoms with Crippen LogP contribution in [0.1, 0.15) is 12.5 Å². The maximum absolute atomic E-state index is 12.0. The van der Waals surface area contributed by atoms with Gasteiger partial charge in [-0.15, -0.1) is 0 Å². The number of amides is 1. The van der Waals surface area contributed by atoms with E-state index in [-0.39, 0.29) is 25.7 Å². The van der Waals surface area contributed by atoms with E-state index in [1.807, 2.05) is 4.90 Å². The van der Waals surface area contributed by atoms with E-state index in [1.165, 1.54) is 13.3 Å². The summed E-state index contributed by atoms with van der Waals surface area (Å²) in [4.78, 5) is 25.4. The van der Waals surface area contributed by atoms with E-state index in [0.717, 1.165) is 13.1 Å². The van der Waals surface area contributed by atoms with Crippen LogP contribution in [0.4, 0.5) is 0 Å². The van der Waals surface area contributed by atoms with Crippen molar-refractivity contribution in [1.29, 1.82) is 0 Å². The zero-order chi connectivity index (χ0) is 20.4. The highest BCUT2D eigenvalue weighted by molar-refractivity contribution is 9.10. The molecule has 1 N–H and O–H groups in total. The minimum absolute atomic E-state index is 0.198. The molecule has 0 bridgehead atoms. The fourth-order valence-electron chi connectivity index (χ4n) is 2.43. The maximum Gasteiger partial charge on any atom is 0.344 e. The van der Waals surface area contributed by atoms with E-state index in [9.17, 15) is 9.59 Å². The van der Waals surface area contributed by atoms with E-state index >= 15 is 0 Å². The van der Waals surface area contributed by atoms with E-state index in [2.05, 4.69) is 26.5 Å². The molecule has 0 radical (unpaired) electrons. The van der Waals surface area contributed by atoms with Crippen molar-refractivity contribution in [2.45, 2.75) is 6.92 Å². The first kappa shape index (κ1) is 22.1. The summed E-state index contributed by atoms with van der Waals surface area (Å²) in [6.07, 6.45) is 1.50. The van der Waals surface area contributed by atoms with Gasteiger partial charge in [-0.3, -0.25) is 9.69 Å². The van der Waals surface area contributed by atoms with Crippen molar-refractivity contribution >= 4 is 34.0 Å². The smallest absolute Gasteiger partial charge is 0.344 e. The van der Waals surface area contributed by atoms with Crippen LogP contribution in [-0.2, 0) is 19.1 Å². The summed E-state index contributed by atoms with van der Waals surface area (Å²) in [5.41, 5.74) is 3.18. The number of halogens is 1. The Kier molecular flexibility index (Phi) is 9.18. The molecule has 1 aromatic carbocycles. The van der Waals surface area contributed by atoms with E-state index in [1.54, 1.807) is 19.1 Å². The van der Waals surface area contributed by atoms with Gasteiger partial charge in [0.25, 0.3) is 5.91 Å². The maximum atomic E-state index is 12.0. The number of methoxy groups -OCH3 is 1. The molecule has 1 heterocycles. The van der Waals surface area contributed by atoms with Gasteiger partial charge in [0, 0.05) is 23.1 Å². The number of ether oxygens (including phenoxy) is 4. The number of nitrogens with zero attached hydrogens (tertiary/aromatic N) is 2. The molecule has 1 aliphatic rings. The number of benzene rings is 1. The lowest BCUT2D eigenvalue weighted by Crippen LogP contribution is -2.42. The molecular formula is C18H24BrN3O6. The number of hydrogen-bond acceptors (Lipinski definition) is 8. The van der Waals surface area contributed by atoms with Crippen molar-refractivity contribution in [3.05, 3.63) is 22.2 Å². The van der Waals surface area contributed by atoms with Gasteiger partial charge in [-0.25, -0.2) is 10.2 Å². The van der Waals surface area contributed by atoms with Gasteiger partial charge >= 0.3 is 5.97 Å². The summed E-state index contributed by atoms with van der Waals surface area (Å²) in [6, 6.07) is 3.34. The summed E-state index contributed by atoms with van der Waals surface area (Å²) >= 11 is 3.42. The average Bonchev–Trinajstić information content (AvgIpc) is 2.68. The van der Waals surface area contributed by atoms with E-state index in [4.69, 9.17) is 18.9 Å². The molecule has 0 spiro atoms. The lowest BCUT2D eigenvalue weighted by molar-refractivity contribution is -0.145. The third kappa shape index (κ3) is 7.10. The number of carbonyl (C=O) groups is 2. The van der Waals surface area contributed by atoms with E-state index in [0.29, 0.717) is 34.7 Å². The molecule has 1 fully saturated rings. The topological polar surface area (TPSA) is 98.7 Å². The fourth-order valence-corrected chi connectivity index (χ4v) is 2.86. The summed E-state index contributed by atoms with van der Waals surface area (Å²) in [7, 11) is 1.49. The van der Waals surface area contributed by atoms with Crippen LogP contribution in [0.15, 0.2) is 21.7 Å². The van der Waals surface area contributed by atoms with Crippen LogP contribution in [0.5, 0.6) is 11.5 Å². The molecule has 28 heavy (non-hydrogen) atoms. The number of carbonyl (C=O) groups excluding carboxylic acids is 2. The molecule has 1 saturated heterocycles. The Morgan fingerprint density at radius 3 is 2.75 bits per heavy atom. The largest absolute Gasteiger partial charge is 0.493 e. The van der Waals surface area contributed by atoms with Crippen LogP contribution in [-0.4, -0.2) is 76.2 Å². The van der Waals surface area contributed by atoms with Crippen LogP contribution in [0.2, 0.25) is 0 Å². The molecule has 0 saturated carbocycles. The first-order valence-electron chi connectivity index (χ1n) is 8.81. The Hall–Kier alpha value is -2.17. The molecule has 0 aliphatic carbocycles. The number of hydrogen-bond donors (Lipinski definition) is 1. The Morgan fingerprint density at radius 2 is 2.07 bits per heavy atom. The lowest BCUT2D eigenvalue weighted by Gasteiger charge is -2.25. The van der Waals surface area contributed by atoms with Gasteiger partial charge in [-0.05, 0) is 35.0 Å². The Balaban J connectivity index is 1.94. The predicted molar refractivity (Wildman–Crippen MR) is 106 cm³/mol. The molecule has 10 heteroatoms. The monoisotopic (exact) mass is 457 g/mol. The number of esters is 1. The second-order valence-corrected chi connectivity index (χ2v) is 6.65. The minimum Gasteiger partial charge on any atom is -0.493 e. The van der Waals surface area contributed by atoms with Gasteiger partial charge in [0.2, 0.25) is 0 Å². The molecule has 154 valence electrons. The molecule has 0 unspecified atom stereocenters. The molecule has 1 amide bonds. The van der Waals surface area contributed by atoms with Crippen LogP contribution >= 0.6 is 15.9 Å². The third-order valence-electron chi connectivity index (χ3n) is 3.80. The van der Waals surface area contributed by atoms with Crippen molar-refractivity contribution in [3.8, 4) is 11.5 Å². The van der Waals surface area contributed by atoms with Gasteiger partial charge in [0.05, 0.1) is 39.7 Å². The molecule has 2 rings (SSSR count). The zero-order valence-corrected chi connectivity index (χ0v) is 17.5. The van der Waals surface area contributed by atoms with Crippen LogP contribution < -0.4 is 14.9 Å². The average molecular weight is 458 g/mol. The Labute approximate surface area is 172 Å². The first-order chi connectivity index (χ1) is 13.5. The molecule has 1 aromatic rings. The van der Waals surface area contributed by atoms with E-state index < -0.39 is 5.97 Å². The second kappa shape index (κ2) is 11.6. The van der Waals surface area contributed by atoms with Crippen molar-refractivity contribution in [2.24, 2.45) is 5.10 Å². The quantitative estimate of drug-likeness (QED) is 0.337. The fraction of sp³-hybridized carbons (Fsp3) is 0.500. The third-order valence-corrected chi connectivity index (χ3v) is 4.48. The standard InChI is InChI=1S/C18H24BrN3O6/c1-3-27-18(24)12-28-16-9-14(19)13(8-15(16)25-2)10-20-21-17(23)11-22-4-6-26-7-5-22/h8-10H,3-7,11-12H2,1-2H3,(H,21,23)/b20-10+. The number of nitrogens with one attached hydrogen (secondary N) is 1. The summed E-state index contributed by atoms with van der Waals surface area (Å²) in [5.74, 6) is 0.148. The van der Waals surface area contributed by atoms with Crippen LogP contribution in [0, 0.1) is 0 Å². The second-order valence-electron chi connectivity index (χ2n) is 5.80. The Morgan fingerprint density at radius 1 is 1.32 bits per heavy atom.